The van der Waals surface area contributed by atoms with Crippen LogP contribution in [-0.4, -0.2) is 35.4 Å². The van der Waals surface area contributed by atoms with Crippen LogP contribution in [-0.2, 0) is 4.79 Å². The highest BCUT2D eigenvalue weighted by atomic mass is 35.5. The molecule has 1 saturated heterocycles. The van der Waals surface area contributed by atoms with E-state index >= 15 is 0 Å². The SMILES string of the molecule is CC(C(=O)N(C)C1CCSC1)C(N)c1ccccc1.Cl. The first kappa shape index (κ1) is 17.3. The lowest BCUT2D eigenvalue weighted by Crippen LogP contribution is -2.42. The largest absolute Gasteiger partial charge is 0.342 e. The molecule has 1 heterocycles. The van der Waals surface area contributed by atoms with E-state index in [4.69, 9.17) is 5.73 Å². The topological polar surface area (TPSA) is 46.3 Å². The predicted octanol–water partition coefficient (Wildman–Crippen LogP) is 2.71. The van der Waals surface area contributed by atoms with E-state index in [1.165, 1.54) is 0 Å². The molecule has 0 radical (unpaired) electrons. The number of halogens is 1. The van der Waals surface area contributed by atoms with Gasteiger partial charge in [0.1, 0.15) is 0 Å². The molecule has 3 atom stereocenters. The summed E-state index contributed by atoms with van der Waals surface area (Å²) in [6.07, 6.45) is 1.10. The number of thioether (sulfide) groups is 1. The maximum Gasteiger partial charge on any atom is 0.227 e. The van der Waals surface area contributed by atoms with E-state index in [2.05, 4.69) is 0 Å². The monoisotopic (exact) mass is 314 g/mol. The number of benzene rings is 1. The number of amides is 1. The Hall–Kier alpha value is -0.710. The molecule has 5 heteroatoms. The number of carbonyl (C=O) groups is 1. The Labute approximate surface area is 131 Å². The average Bonchev–Trinajstić information content (AvgIpc) is 2.99. The second kappa shape index (κ2) is 7.91. The summed E-state index contributed by atoms with van der Waals surface area (Å²) in [6, 6.07) is 10.0. The number of hydrogen-bond acceptors (Lipinski definition) is 3. The Balaban J connectivity index is 0.00000200. The number of nitrogens with two attached hydrogens (primary N) is 1. The number of rotatable bonds is 4. The van der Waals surface area contributed by atoms with Gasteiger partial charge in [-0.1, -0.05) is 37.3 Å². The van der Waals surface area contributed by atoms with E-state index in [1.807, 2.05) is 61.0 Å². The molecule has 1 aliphatic rings. The Kier molecular flexibility index (Phi) is 6.86. The molecular weight excluding hydrogens is 292 g/mol. The molecule has 0 bridgehead atoms. The Bertz CT molecular complexity index is 423. The summed E-state index contributed by atoms with van der Waals surface area (Å²) >= 11 is 1.92. The zero-order valence-corrected chi connectivity index (χ0v) is 13.6. The first-order valence-corrected chi connectivity index (χ1v) is 7.91. The molecule has 3 nitrogen and oxygen atoms in total. The lowest BCUT2D eigenvalue weighted by molar-refractivity contribution is -0.136. The zero-order chi connectivity index (χ0) is 13.8. The van der Waals surface area contributed by atoms with E-state index in [0.717, 1.165) is 23.5 Å². The summed E-state index contributed by atoms with van der Waals surface area (Å²) in [4.78, 5) is 14.4. The molecule has 112 valence electrons. The van der Waals surface area contributed by atoms with Crippen molar-refractivity contribution in [2.24, 2.45) is 11.7 Å². The highest BCUT2D eigenvalue weighted by Gasteiger charge is 2.30. The Morgan fingerprint density at radius 1 is 1.40 bits per heavy atom. The number of nitrogens with zero attached hydrogens (tertiary/aromatic N) is 1. The maximum absolute atomic E-state index is 12.5. The third-order valence-electron chi connectivity index (χ3n) is 3.91. The van der Waals surface area contributed by atoms with E-state index in [1.54, 1.807) is 0 Å². The van der Waals surface area contributed by atoms with Gasteiger partial charge in [0.15, 0.2) is 0 Å². The van der Waals surface area contributed by atoms with Gasteiger partial charge in [-0.2, -0.15) is 11.8 Å². The van der Waals surface area contributed by atoms with Gasteiger partial charge in [-0.05, 0) is 17.7 Å². The van der Waals surface area contributed by atoms with Crippen LogP contribution in [0.25, 0.3) is 0 Å². The molecule has 1 aromatic carbocycles. The fourth-order valence-electron chi connectivity index (χ4n) is 2.45. The smallest absolute Gasteiger partial charge is 0.227 e. The van der Waals surface area contributed by atoms with E-state index in [0.29, 0.717) is 6.04 Å². The van der Waals surface area contributed by atoms with Gasteiger partial charge in [0.05, 0.1) is 5.92 Å². The quantitative estimate of drug-likeness (QED) is 0.929. The van der Waals surface area contributed by atoms with E-state index in [9.17, 15) is 4.79 Å². The fourth-order valence-corrected chi connectivity index (χ4v) is 3.71. The van der Waals surface area contributed by atoms with Crippen LogP contribution in [0.5, 0.6) is 0 Å². The maximum atomic E-state index is 12.5. The first-order chi connectivity index (χ1) is 9.11. The van der Waals surface area contributed by atoms with Crippen LogP contribution < -0.4 is 5.73 Å². The van der Waals surface area contributed by atoms with Crippen molar-refractivity contribution < 1.29 is 4.79 Å². The highest BCUT2D eigenvalue weighted by Crippen LogP contribution is 2.25. The van der Waals surface area contributed by atoms with Crippen LogP contribution in [0.15, 0.2) is 30.3 Å². The molecule has 3 unspecified atom stereocenters. The third-order valence-corrected chi connectivity index (χ3v) is 5.06. The van der Waals surface area contributed by atoms with Gasteiger partial charge in [-0.15, -0.1) is 12.4 Å². The average molecular weight is 315 g/mol. The fraction of sp³-hybridized carbons (Fsp3) is 0.533. The van der Waals surface area contributed by atoms with Crippen molar-refractivity contribution >= 4 is 30.1 Å². The molecule has 2 rings (SSSR count). The normalized spacial score (nSPS) is 20.9. The van der Waals surface area contributed by atoms with Gasteiger partial charge in [-0.25, -0.2) is 0 Å². The summed E-state index contributed by atoms with van der Waals surface area (Å²) in [5.74, 6) is 2.18. The molecule has 0 aromatic heterocycles. The molecule has 0 aliphatic carbocycles. The van der Waals surface area contributed by atoms with E-state index in [-0.39, 0.29) is 30.3 Å². The molecule has 1 amide bonds. The van der Waals surface area contributed by atoms with Crippen LogP contribution in [0.1, 0.15) is 24.9 Å². The second-order valence-electron chi connectivity index (χ2n) is 5.19. The molecule has 1 aliphatic heterocycles. The standard InChI is InChI=1S/C15H22N2OS.ClH/c1-11(14(16)12-6-4-3-5-7-12)15(18)17(2)13-8-9-19-10-13;/h3-7,11,13-14H,8-10,16H2,1-2H3;1H. The number of carbonyl (C=O) groups excluding carboxylic acids is 1. The molecule has 20 heavy (non-hydrogen) atoms. The van der Waals surface area contributed by atoms with Crippen LogP contribution in [0, 0.1) is 5.92 Å². The minimum Gasteiger partial charge on any atom is -0.342 e. The lowest BCUT2D eigenvalue weighted by Gasteiger charge is -2.29. The van der Waals surface area contributed by atoms with Gasteiger partial charge in [0.2, 0.25) is 5.91 Å². The summed E-state index contributed by atoms with van der Waals surface area (Å²) in [5, 5.41) is 0. The Morgan fingerprint density at radius 3 is 2.60 bits per heavy atom. The zero-order valence-electron chi connectivity index (χ0n) is 12.0. The third kappa shape index (κ3) is 3.90. The van der Waals surface area contributed by atoms with Crippen molar-refractivity contribution in [3.05, 3.63) is 35.9 Å². The van der Waals surface area contributed by atoms with Gasteiger partial charge < -0.3 is 10.6 Å². The van der Waals surface area contributed by atoms with E-state index < -0.39 is 0 Å². The van der Waals surface area contributed by atoms with Crippen molar-refractivity contribution in [1.82, 2.24) is 4.90 Å². The summed E-state index contributed by atoms with van der Waals surface area (Å²) in [5.41, 5.74) is 7.25. The second-order valence-corrected chi connectivity index (χ2v) is 6.34. The van der Waals surface area contributed by atoms with Crippen molar-refractivity contribution in [2.75, 3.05) is 18.6 Å². The van der Waals surface area contributed by atoms with Crippen molar-refractivity contribution in [3.63, 3.8) is 0 Å². The van der Waals surface area contributed by atoms with Crippen LogP contribution >= 0.6 is 24.2 Å². The van der Waals surface area contributed by atoms with Gasteiger partial charge in [-0.3, -0.25) is 4.79 Å². The Morgan fingerprint density at radius 2 is 2.05 bits per heavy atom. The predicted molar refractivity (Wildman–Crippen MR) is 88.3 cm³/mol. The van der Waals surface area contributed by atoms with Crippen molar-refractivity contribution in [3.8, 4) is 0 Å². The van der Waals surface area contributed by atoms with Crippen molar-refractivity contribution in [2.45, 2.75) is 25.4 Å². The molecule has 0 spiro atoms. The number of hydrogen-bond donors (Lipinski definition) is 1. The van der Waals surface area contributed by atoms with Crippen LogP contribution in [0.3, 0.4) is 0 Å². The van der Waals surface area contributed by atoms with Crippen molar-refractivity contribution in [1.29, 1.82) is 0 Å². The van der Waals surface area contributed by atoms with Crippen LogP contribution in [0.4, 0.5) is 0 Å². The minimum absolute atomic E-state index is 0. The minimum atomic E-state index is -0.231. The van der Waals surface area contributed by atoms with Gasteiger partial charge in [0, 0.05) is 24.9 Å². The van der Waals surface area contributed by atoms with Gasteiger partial charge >= 0.3 is 0 Å². The highest BCUT2D eigenvalue weighted by molar-refractivity contribution is 7.99. The molecule has 0 saturated carbocycles. The molecular formula is C15H23ClN2OS. The summed E-state index contributed by atoms with van der Waals surface area (Å²) in [7, 11) is 1.91. The summed E-state index contributed by atoms with van der Waals surface area (Å²) in [6.45, 7) is 1.93. The summed E-state index contributed by atoms with van der Waals surface area (Å²) < 4.78 is 0. The molecule has 2 N–H and O–H groups in total. The van der Waals surface area contributed by atoms with Crippen LogP contribution in [0.2, 0.25) is 0 Å². The molecule has 1 aromatic rings. The van der Waals surface area contributed by atoms with Gasteiger partial charge in [0.25, 0.3) is 0 Å². The molecule has 1 fully saturated rings. The first-order valence-electron chi connectivity index (χ1n) is 6.76. The lowest BCUT2D eigenvalue weighted by atomic mass is 9.94.